The second-order valence-corrected chi connectivity index (χ2v) is 11.3. The van der Waals surface area contributed by atoms with E-state index >= 15 is 0 Å². The van der Waals surface area contributed by atoms with Crippen molar-refractivity contribution in [2.24, 2.45) is 0 Å². The zero-order valence-corrected chi connectivity index (χ0v) is 22.3. The number of thiazole rings is 1. The van der Waals surface area contributed by atoms with E-state index in [1.54, 1.807) is 24.1 Å². The Hall–Kier alpha value is -2.24. The number of nitrogens with zero attached hydrogens (tertiary/aromatic N) is 4. The van der Waals surface area contributed by atoms with Crippen molar-refractivity contribution in [3.63, 3.8) is 0 Å². The highest BCUT2D eigenvalue weighted by Gasteiger charge is 2.25. The Morgan fingerprint density at radius 2 is 1.71 bits per heavy atom. The minimum absolute atomic E-state index is 0.125. The maximum Gasteiger partial charge on any atom is 0.260 e. The van der Waals surface area contributed by atoms with Gasteiger partial charge in [0.1, 0.15) is 11.3 Å². The van der Waals surface area contributed by atoms with Crippen molar-refractivity contribution in [1.82, 2.24) is 14.2 Å². The topological polar surface area (TPSA) is 83.1 Å². The van der Waals surface area contributed by atoms with Crippen molar-refractivity contribution in [3.05, 3.63) is 47.0 Å². The van der Waals surface area contributed by atoms with E-state index in [9.17, 15) is 13.2 Å². The van der Waals surface area contributed by atoms with Crippen LogP contribution in [0.1, 0.15) is 24.2 Å². The van der Waals surface area contributed by atoms with Crippen LogP contribution in [0.3, 0.4) is 0 Å². The molecule has 0 fully saturated rings. The minimum Gasteiger partial charge on any atom is -0.494 e. The Labute approximate surface area is 209 Å². The average Bonchev–Trinajstić information content (AvgIpc) is 3.28. The van der Waals surface area contributed by atoms with Gasteiger partial charge in [0.25, 0.3) is 5.91 Å². The molecule has 0 unspecified atom stereocenters. The molecular weight excluding hydrogens is 496 g/mol. The zero-order chi connectivity index (χ0) is 25.0. The number of methoxy groups -OCH3 is 1. The van der Waals surface area contributed by atoms with Gasteiger partial charge >= 0.3 is 0 Å². The van der Waals surface area contributed by atoms with Crippen LogP contribution in [0.2, 0.25) is 5.02 Å². The van der Waals surface area contributed by atoms with Gasteiger partial charge in [-0.05, 0) is 49.5 Å². The molecule has 184 valence electrons. The molecule has 1 amide bonds. The summed E-state index contributed by atoms with van der Waals surface area (Å²) in [7, 11) is 0.913. The number of likely N-dealkylation sites (N-methyl/N-ethyl adjacent to an activating group) is 1. The molecule has 1 heterocycles. The molecule has 8 nitrogen and oxygen atoms in total. The van der Waals surface area contributed by atoms with Crippen LogP contribution in [-0.2, 0) is 10.0 Å². The van der Waals surface area contributed by atoms with E-state index in [1.165, 1.54) is 49.7 Å². The smallest absolute Gasteiger partial charge is 0.260 e. The number of amides is 1. The van der Waals surface area contributed by atoms with Crippen molar-refractivity contribution < 1.29 is 17.9 Å². The van der Waals surface area contributed by atoms with Crippen LogP contribution in [0.4, 0.5) is 5.13 Å². The van der Waals surface area contributed by atoms with Gasteiger partial charge in [-0.2, -0.15) is 0 Å². The summed E-state index contributed by atoms with van der Waals surface area (Å²) < 4.78 is 32.1. The van der Waals surface area contributed by atoms with Gasteiger partial charge in [-0.1, -0.05) is 36.8 Å². The molecule has 0 aliphatic rings. The third kappa shape index (κ3) is 5.36. The third-order valence-corrected chi connectivity index (χ3v) is 8.93. The van der Waals surface area contributed by atoms with Crippen molar-refractivity contribution >= 4 is 54.2 Å². The quantitative estimate of drug-likeness (QED) is 0.395. The lowest BCUT2D eigenvalue weighted by Gasteiger charge is -2.25. The first-order valence-corrected chi connectivity index (χ1v) is 13.5. The number of carbonyl (C=O) groups excluding carboxylic acids is 1. The Morgan fingerprint density at radius 1 is 1.06 bits per heavy atom. The highest BCUT2D eigenvalue weighted by molar-refractivity contribution is 7.89. The molecule has 3 rings (SSSR count). The van der Waals surface area contributed by atoms with Crippen molar-refractivity contribution in [2.75, 3.05) is 52.3 Å². The Morgan fingerprint density at radius 3 is 2.26 bits per heavy atom. The molecule has 0 saturated carbocycles. The first-order valence-electron chi connectivity index (χ1n) is 10.8. The standard InChI is InChI=1S/C23H29ClN4O4S2/c1-6-27(7-2)14-15-28(23-25-20-19(32-5)13-12-18(24)21(20)33-23)22(29)16-8-10-17(11-9-16)34(30,31)26(3)4/h8-13H,6-7,14-15H2,1-5H3. The van der Waals surface area contributed by atoms with Crippen LogP contribution in [0.25, 0.3) is 10.2 Å². The van der Waals surface area contributed by atoms with E-state index in [-0.39, 0.29) is 10.8 Å². The largest absolute Gasteiger partial charge is 0.494 e. The van der Waals surface area contributed by atoms with Gasteiger partial charge < -0.3 is 9.64 Å². The van der Waals surface area contributed by atoms with Gasteiger partial charge in [-0.15, -0.1) is 0 Å². The van der Waals surface area contributed by atoms with Gasteiger partial charge in [-0.25, -0.2) is 17.7 Å². The lowest BCUT2D eigenvalue weighted by atomic mass is 10.2. The number of sulfonamides is 1. The second kappa shape index (κ2) is 11.0. The van der Waals surface area contributed by atoms with Crippen molar-refractivity contribution in [3.8, 4) is 5.75 Å². The normalized spacial score (nSPS) is 12.0. The van der Waals surface area contributed by atoms with Gasteiger partial charge in [0, 0.05) is 32.7 Å². The summed E-state index contributed by atoms with van der Waals surface area (Å²) in [5.41, 5.74) is 0.970. The number of ether oxygens (including phenoxy) is 1. The number of aromatic nitrogens is 1. The average molecular weight is 525 g/mol. The number of hydrogen-bond acceptors (Lipinski definition) is 7. The summed E-state index contributed by atoms with van der Waals surface area (Å²) in [6, 6.07) is 9.46. The van der Waals surface area contributed by atoms with Crippen LogP contribution >= 0.6 is 22.9 Å². The summed E-state index contributed by atoms with van der Waals surface area (Å²) in [5.74, 6) is 0.311. The number of hydrogen-bond donors (Lipinski definition) is 0. The molecule has 0 spiro atoms. The lowest BCUT2D eigenvalue weighted by molar-refractivity contribution is 0.0983. The summed E-state index contributed by atoms with van der Waals surface area (Å²) in [5, 5.41) is 1.04. The highest BCUT2D eigenvalue weighted by atomic mass is 35.5. The maximum atomic E-state index is 13.6. The summed E-state index contributed by atoms with van der Waals surface area (Å²) in [6.07, 6.45) is 0. The van der Waals surface area contributed by atoms with E-state index in [0.717, 1.165) is 22.1 Å². The molecule has 0 N–H and O–H groups in total. The maximum absolute atomic E-state index is 13.6. The van der Waals surface area contributed by atoms with Gasteiger partial charge in [-0.3, -0.25) is 9.69 Å². The van der Waals surface area contributed by atoms with E-state index in [4.69, 9.17) is 21.3 Å². The molecule has 1 aromatic heterocycles. The number of anilines is 1. The number of carbonyl (C=O) groups is 1. The van der Waals surface area contributed by atoms with Crippen LogP contribution in [0.5, 0.6) is 5.75 Å². The molecule has 3 aromatic rings. The SMILES string of the molecule is CCN(CC)CCN(C(=O)c1ccc(S(=O)(=O)N(C)C)cc1)c1nc2c(OC)ccc(Cl)c2s1. The van der Waals surface area contributed by atoms with E-state index in [0.29, 0.717) is 40.1 Å². The number of rotatable bonds is 10. The molecule has 34 heavy (non-hydrogen) atoms. The highest BCUT2D eigenvalue weighted by Crippen LogP contribution is 2.39. The molecule has 0 atom stereocenters. The molecule has 0 aliphatic heterocycles. The summed E-state index contributed by atoms with van der Waals surface area (Å²) in [6.45, 7) is 6.93. The molecule has 0 saturated heterocycles. The second-order valence-electron chi connectivity index (χ2n) is 7.72. The first-order chi connectivity index (χ1) is 16.1. The fourth-order valence-corrected chi connectivity index (χ4v) is 5.61. The van der Waals surface area contributed by atoms with Crippen LogP contribution in [0, 0.1) is 0 Å². The Bertz CT molecular complexity index is 1260. The molecule has 0 radical (unpaired) electrons. The zero-order valence-electron chi connectivity index (χ0n) is 19.9. The molecule has 0 bridgehead atoms. The van der Waals surface area contributed by atoms with E-state index in [1.807, 2.05) is 0 Å². The molecule has 0 aliphatic carbocycles. The fourth-order valence-electron chi connectivity index (χ4n) is 3.42. The van der Waals surface area contributed by atoms with Crippen LogP contribution < -0.4 is 9.64 Å². The van der Waals surface area contributed by atoms with Crippen molar-refractivity contribution in [2.45, 2.75) is 18.7 Å². The van der Waals surface area contributed by atoms with Gasteiger partial charge in [0.05, 0.1) is 21.7 Å². The Balaban J connectivity index is 2.02. The lowest BCUT2D eigenvalue weighted by Crippen LogP contribution is -2.38. The number of fused-ring (bicyclic) bond motifs is 1. The monoisotopic (exact) mass is 524 g/mol. The Kier molecular flexibility index (Phi) is 8.53. The molecule has 11 heteroatoms. The first kappa shape index (κ1) is 26.4. The van der Waals surface area contributed by atoms with E-state index in [2.05, 4.69) is 18.7 Å². The number of halogens is 1. The molecule has 2 aromatic carbocycles. The van der Waals surface area contributed by atoms with Crippen LogP contribution in [-0.4, -0.2) is 75.9 Å². The van der Waals surface area contributed by atoms with Gasteiger partial charge in [0.15, 0.2) is 5.13 Å². The van der Waals surface area contributed by atoms with Gasteiger partial charge in [0.2, 0.25) is 10.0 Å². The van der Waals surface area contributed by atoms with Crippen LogP contribution in [0.15, 0.2) is 41.3 Å². The third-order valence-electron chi connectivity index (χ3n) is 5.56. The predicted octanol–water partition coefficient (Wildman–Crippen LogP) is 4.20. The number of benzene rings is 2. The van der Waals surface area contributed by atoms with E-state index < -0.39 is 10.0 Å². The fraction of sp³-hybridized carbons (Fsp3) is 0.391. The molecular formula is C23H29ClN4O4S2. The summed E-state index contributed by atoms with van der Waals surface area (Å²) in [4.78, 5) is 22.3. The predicted molar refractivity (Wildman–Crippen MR) is 138 cm³/mol. The minimum atomic E-state index is -3.59. The summed E-state index contributed by atoms with van der Waals surface area (Å²) >= 11 is 7.72. The van der Waals surface area contributed by atoms with Crippen molar-refractivity contribution in [1.29, 1.82) is 0 Å².